The predicted octanol–water partition coefficient (Wildman–Crippen LogP) is 5.31. The predicted molar refractivity (Wildman–Crippen MR) is 83.4 cm³/mol. The highest BCUT2D eigenvalue weighted by Crippen LogP contribution is 2.45. The van der Waals surface area contributed by atoms with Crippen LogP contribution in [-0.2, 0) is 4.43 Å². The summed E-state index contributed by atoms with van der Waals surface area (Å²) in [4.78, 5) is 0. The molecular weight excluding hydrogens is 236 g/mol. The van der Waals surface area contributed by atoms with Crippen molar-refractivity contribution in [2.75, 3.05) is 0 Å². The third kappa shape index (κ3) is 3.15. The minimum atomic E-state index is -1.74. The van der Waals surface area contributed by atoms with Gasteiger partial charge in [0.25, 0.3) is 0 Å². The van der Waals surface area contributed by atoms with Crippen LogP contribution in [-0.4, -0.2) is 14.4 Å². The van der Waals surface area contributed by atoms with Crippen molar-refractivity contribution in [3.05, 3.63) is 23.8 Å². The Hall–Kier alpha value is -0.343. The van der Waals surface area contributed by atoms with E-state index < -0.39 is 8.32 Å². The molecule has 1 aliphatic carbocycles. The topological polar surface area (TPSA) is 9.23 Å². The van der Waals surface area contributed by atoms with Crippen molar-refractivity contribution in [2.24, 2.45) is 5.41 Å². The van der Waals surface area contributed by atoms with Gasteiger partial charge in [-0.25, -0.2) is 0 Å². The molecule has 1 aliphatic rings. The molecule has 2 heteroatoms. The van der Waals surface area contributed by atoms with Crippen LogP contribution >= 0.6 is 0 Å². The Morgan fingerprint density at radius 1 is 1.33 bits per heavy atom. The first-order chi connectivity index (χ1) is 7.87. The first-order valence-corrected chi connectivity index (χ1v) is 9.81. The molecule has 0 aromatic heterocycles. The van der Waals surface area contributed by atoms with E-state index in [-0.39, 0.29) is 16.6 Å². The second-order valence-electron chi connectivity index (χ2n) is 7.99. The summed E-state index contributed by atoms with van der Waals surface area (Å²) in [6.07, 6.45) is 3.48. The summed E-state index contributed by atoms with van der Waals surface area (Å²) in [5.74, 6) is 0. The van der Waals surface area contributed by atoms with Gasteiger partial charge in [-0.2, -0.15) is 0 Å². The Labute approximate surface area is 114 Å². The molecule has 1 rings (SSSR count). The highest BCUT2D eigenvalue weighted by atomic mass is 28.4. The van der Waals surface area contributed by atoms with Gasteiger partial charge < -0.3 is 4.43 Å². The molecule has 1 atom stereocenters. The minimum absolute atomic E-state index is 0.158. The largest absolute Gasteiger partial charge is 0.409 e. The standard InChI is InChI=1S/C16H30OSi/c1-12-10-13(2)14(16(6,7)11-12)17-18(8,9)15(3,4)5/h10,14H,2,11H2,1,3-9H3. The second-order valence-corrected chi connectivity index (χ2v) is 12.7. The zero-order chi connectivity index (χ0) is 14.4. The van der Waals surface area contributed by atoms with Gasteiger partial charge >= 0.3 is 0 Å². The first-order valence-electron chi connectivity index (χ1n) is 6.91. The fourth-order valence-electron chi connectivity index (χ4n) is 2.46. The molecule has 0 aromatic rings. The van der Waals surface area contributed by atoms with Crippen LogP contribution in [0.3, 0.4) is 0 Å². The lowest BCUT2D eigenvalue weighted by Crippen LogP contribution is -2.49. The molecular formula is C16H30OSi. The van der Waals surface area contributed by atoms with E-state index in [4.69, 9.17) is 4.43 Å². The molecule has 0 fully saturated rings. The van der Waals surface area contributed by atoms with Crippen LogP contribution in [0.5, 0.6) is 0 Å². The minimum Gasteiger partial charge on any atom is -0.409 e. The number of rotatable bonds is 2. The lowest BCUT2D eigenvalue weighted by atomic mass is 9.73. The number of hydrogen-bond donors (Lipinski definition) is 0. The van der Waals surface area contributed by atoms with Crippen molar-refractivity contribution in [2.45, 2.75) is 72.2 Å². The molecule has 0 saturated heterocycles. The van der Waals surface area contributed by atoms with Crippen LogP contribution in [0.15, 0.2) is 23.8 Å². The highest BCUT2D eigenvalue weighted by Gasteiger charge is 2.44. The van der Waals surface area contributed by atoms with Crippen LogP contribution in [0.4, 0.5) is 0 Å². The van der Waals surface area contributed by atoms with Gasteiger partial charge in [0.05, 0.1) is 6.10 Å². The van der Waals surface area contributed by atoms with Gasteiger partial charge in [0, 0.05) is 0 Å². The third-order valence-corrected chi connectivity index (χ3v) is 8.87. The van der Waals surface area contributed by atoms with Gasteiger partial charge in [-0.3, -0.25) is 0 Å². The lowest BCUT2D eigenvalue weighted by Gasteiger charge is -2.46. The molecule has 0 heterocycles. The molecule has 0 radical (unpaired) electrons. The fourth-order valence-corrected chi connectivity index (χ4v) is 3.88. The molecule has 0 aromatic carbocycles. The summed E-state index contributed by atoms with van der Waals surface area (Å²) >= 11 is 0. The molecule has 0 aliphatic heterocycles. The van der Waals surface area contributed by atoms with Gasteiger partial charge in [-0.15, -0.1) is 0 Å². The summed E-state index contributed by atoms with van der Waals surface area (Å²) in [5, 5.41) is 0.250. The maximum Gasteiger partial charge on any atom is 0.192 e. The van der Waals surface area contributed by atoms with Crippen molar-refractivity contribution >= 4 is 8.32 Å². The summed E-state index contributed by atoms with van der Waals surface area (Å²) in [7, 11) is -1.74. The molecule has 18 heavy (non-hydrogen) atoms. The molecule has 0 spiro atoms. The van der Waals surface area contributed by atoms with E-state index >= 15 is 0 Å². The average Bonchev–Trinajstić information content (AvgIpc) is 2.08. The molecule has 104 valence electrons. The van der Waals surface area contributed by atoms with Gasteiger partial charge in [0.2, 0.25) is 0 Å². The van der Waals surface area contributed by atoms with Crippen LogP contribution in [0.25, 0.3) is 0 Å². The van der Waals surface area contributed by atoms with Crippen molar-refractivity contribution in [1.29, 1.82) is 0 Å². The maximum atomic E-state index is 6.61. The fraction of sp³-hybridized carbons (Fsp3) is 0.750. The first kappa shape index (κ1) is 15.7. The summed E-state index contributed by atoms with van der Waals surface area (Å²) in [6, 6.07) is 0. The zero-order valence-electron chi connectivity index (χ0n) is 13.5. The molecule has 0 saturated carbocycles. The Morgan fingerprint density at radius 3 is 2.22 bits per heavy atom. The Kier molecular flexibility index (Phi) is 4.05. The zero-order valence-corrected chi connectivity index (χ0v) is 14.5. The maximum absolute atomic E-state index is 6.61. The SMILES string of the molecule is C=C1C=C(C)CC(C)(C)C1O[Si](C)(C)C(C)(C)C. The van der Waals surface area contributed by atoms with Crippen molar-refractivity contribution < 1.29 is 4.43 Å². The molecule has 1 nitrogen and oxygen atoms in total. The second kappa shape index (κ2) is 4.64. The van der Waals surface area contributed by atoms with E-state index in [9.17, 15) is 0 Å². The van der Waals surface area contributed by atoms with Crippen LogP contribution in [0, 0.1) is 5.41 Å². The van der Waals surface area contributed by atoms with E-state index in [2.05, 4.69) is 67.3 Å². The number of hydrogen-bond acceptors (Lipinski definition) is 1. The van der Waals surface area contributed by atoms with E-state index in [1.165, 1.54) is 5.57 Å². The molecule has 0 amide bonds. The van der Waals surface area contributed by atoms with E-state index in [0.717, 1.165) is 12.0 Å². The van der Waals surface area contributed by atoms with Crippen LogP contribution < -0.4 is 0 Å². The number of allylic oxidation sites excluding steroid dienone is 1. The van der Waals surface area contributed by atoms with Gasteiger partial charge in [0.15, 0.2) is 8.32 Å². The van der Waals surface area contributed by atoms with Crippen molar-refractivity contribution in [3.63, 3.8) is 0 Å². The molecule has 1 unspecified atom stereocenters. The van der Waals surface area contributed by atoms with E-state index in [1.807, 2.05) is 0 Å². The lowest BCUT2D eigenvalue weighted by molar-refractivity contribution is 0.0877. The highest BCUT2D eigenvalue weighted by molar-refractivity contribution is 6.74. The van der Waals surface area contributed by atoms with Gasteiger partial charge in [0.1, 0.15) is 0 Å². The normalized spacial score (nSPS) is 25.0. The van der Waals surface area contributed by atoms with Crippen molar-refractivity contribution in [1.82, 2.24) is 0 Å². The third-order valence-electron chi connectivity index (χ3n) is 4.43. The van der Waals surface area contributed by atoms with E-state index in [0.29, 0.717) is 0 Å². The quantitative estimate of drug-likeness (QED) is 0.615. The van der Waals surface area contributed by atoms with Gasteiger partial charge in [-0.1, -0.05) is 52.8 Å². The average molecular weight is 267 g/mol. The van der Waals surface area contributed by atoms with Gasteiger partial charge in [-0.05, 0) is 42.5 Å². The molecule has 0 N–H and O–H groups in total. The molecule has 0 bridgehead atoms. The summed E-state index contributed by atoms with van der Waals surface area (Å²) in [5.41, 5.74) is 2.72. The Balaban J connectivity index is 3.00. The monoisotopic (exact) mass is 266 g/mol. The van der Waals surface area contributed by atoms with E-state index in [1.54, 1.807) is 0 Å². The van der Waals surface area contributed by atoms with Crippen molar-refractivity contribution in [3.8, 4) is 0 Å². The Bertz CT molecular complexity index is 369. The van der Waals surface area contributed by atoms with Crippen LogP contribution in [0.2, 0.25) is 18.1 Å². The summed E-state index contributed by atoms with van der Waals surface area (Å²) < 4.78 is 6.61. The van der Waals surface area contributed by atoms with Crippen LogP contribution in [0.1, 0.15) is 48.0 Å². The summed E-state index contributed by atoms with van der Waals surface area (Å²) in [6.45, 7) is 22.5. The Morgan fingerprint density at radius 2 is 1.83 bits per heavy atom. The smallest absolute Gasteiger partial charge is 0.192 e.